The average Bonchev–Trinajstić information content (AvgIpc) is 3.35. The highest BCUT2D eigenvalue weighted by atomic mass is 32.1. The molecule has 4 N–H and O–H groups in total. The number of carbonyl (C=O) groups is 3. The van der Waals surface area contributed by atoms with E-state index in [-0.39, 0.29) is 11.8 Å². The fraction of sp³-hybridized carbons (Fsp3) is 0.393. The van der Waals surface area contributed by atoms with Crippen LogP contribution in [0.4, 0.5) is 4.79 Å². The van der Waals surface area contributed by atoms with E-state index in [0.29, 0.717) is 42.3 Å². The molecule has 3 amide bonds. The third-order valence-corrected chi connectivity index (χ3v) is 6.85. The fourth-order valence-electron chi connectivity index (χ4n) is 4.18. The Morgan fingerprint density at radius 2 is 1.76 bits per heavy atom. The number of nitrogens with one attached hydrogen (secondary N) is 2. The van der Waals surface area contributed by atoms with Crippen molar-refractivity contribution in [1.82, 2.24) is 15.5 Å². The number of para-hydroxylation sites is 1. The van der Waals surface area contributed by atoms with Crippen LogP contribution in [-0.2, 0) is 16.1 Å². The van der Waals surface area contributed by atoms with Crippen LogP contribution in [-0.4, -0.2) is 41.4 Å². The Kier molecular flexibility index (Phi) is 9.26. The minimum atomic E-state index is -0.862. The van der Waals surface area contributed by atoms with E-state index in [4.69, 9.17) is 10.5 Å². The topological polar surface area (TPSA) is 114 Å². The van der Waals surface area contributed by atoms with E-state index in [1.807, 2.05) is 51.1 Å². The molecule has 1 aliphatic heterocycles. The number of benzene rings is 2. The van der Waals surface area contributed by atoms with Gasteiger partial charge in [0.25, 0.3) is 0 Å². The molecular weight excluding hydrogens is 488 g/mol. The van der Waals surface area contributed by atoms with Crippen molar-refractivity contribution in [3.8, 4) is 5.75 Å². The van der Waals surface area contributed by atoms with E-state index in [2.05, 4.69) is 23.3 Å². The molecule has 0 aromatic heterocycles. The van der Waals surface area contributed by atoms with Crippen LogP contribution >= 0.6 is 12.6 Å². The van der Waals surface area contributed by atoms with Gasteiger partial charge in [-0.2, -0.15) is 0 Å². The summed E-state index contributed by atoms with van der Waals surface area (Å²) in [5.41, 5.74) is 7.66. The second kappa shape index (κ2) is 12.2. The summed E-state index contributed by atoms with van der Waals surface area (Å²) in [6, 6.07) is 14.8. The van der Waals surface area contributed by atoms with Crippen LogP contribution in [0.25, 0.3) is 4.91 Å². The molecule has 37 heavy (non-hydrogen) atoms. The zero-order valence-electron chi connectivity index (χ0n) is 21.8. The number of hydrogen-bond donors (Lipinski definition) is 4. The van der Waals surface area contributed by atoms with Gasteiger partial charge in [-0.3, -0.25) is 9.59 Å². The highest BCUT2D eigenvalue weighted by molar-refractivity contribution is 7.90. The van der Waals surface area contributed by atoms with Crippen molar-refractivity contribution in [2.45, 2.75) is 59.2 Å². The molecule has 0 aliphatic carbocycles. The summed E-state index contributed by atoms with van der Waals surface area (Å²) in [6.07, 6.45) is 0.553. The van der Waals surface area contributed by atoms with Crippen LogP contribution in [0.2, 0.25) is 0 Å². The molecule has 1 fully saturated rings. The van der Waals surface area contributed by atoms with Crippen molar-refractivity contribution in [3.63, 3.8) is 0 Å². The molecule has 0 bridgehead atoms. The standard InChI is InChI=1S/C28H36N4O4S/c1-18(29)23(37)20-14-12-19(13-15-20)17-30-25(33)22-11-8-16-32(22)26(34)24(28(2,3)4)31-27(35)36-21-9-6-5-7-10-21/h5-7,9-10,12-15,22,24,37H,8,11,16-17,29H2,1-4H3,(H,30,33)(H,31,35)/b23-18-/t22-,24+/m0/s1. The second-order valence-corrected chi connectivity index (χ2v) is 10.7. The first-order chi connectivity index (χ1) is 17.5. The van der Waals surface area contributed by atoms with Gasteiger partial charge < -0.3 is 26.0 Å². The Hall–Kier alpha value is -3.46. The van der Waals surface area contributed by atoms with Gasteiger partial charge in [0.2, 0.25) is 11.8 Å². The van der Waals surface area contributed by atoms with Gasteiger partial charge in [-0.1, -0.05) is 63.2 Å². The normalized spacial score (nSPS) is 17.0. The largest absolute Gasteiger partial charge is 0.413 e. The minimum absolute atomic E-state index is 0.220. The molecule has 0 radical (unpaired) electrons. The molecular formula is C28H36N4O4S. The van der Waals surface area contributed by atoms with Crippen LogP contribution in [0, 0.1) is 5.41 Å². The number of ether oxygens (including phenoxy) is 1. The summed E-state index contributed by atoms with van der Waals surface area (Å²) >= 11 is 4.42. The van der Waals surface area contributed by atoms with Crippen LogP contribution in [0.5, 0.6) is 5.75 Å². The lowest BCUT2D eigenvalue weighted by atomic mass is 9.85. The quantitative estimate of drug-likeness (QED) is 0.408. The Balaban J connectivity index is 1.64. The van der Waals surface area contributed by atoms with Crippen LogP contribution in [0.15, 0.2) is 60.3 Å². The van der Waals surface area contributed by atoms with Gasteiger partial charge in [0.15, 0.2) is 0 Å². The van der Waals surface area contributed by atoms with E-state index >= 15 is 0 Å². The number of carbonyl (C=O) groups excluding carboxylic acids is 3. The van der Waals surface area contributed by atoms with Crippen molar-refractivity contribution >= 4 is 35.4 Å². The maximum absolute atomic E-state index is 13.6. The highest BCUT2D eigenvalue weighted by Crippen LogP contribution is 2.26. The number of likely N-dealkylation sites (tertiary alicyclic amines) is 1. The molecule has 198 valence electrons. The summed E-state index contributed by atoms with van der Waals surface area (Å²) in [7, 11) is 0. The lowest BCUT2D eigenvalue weighted by Gasteiger charge is -2.35. The number of allylic oxidation sites excluding steroid dienone is 1. The van der Waals surface area contributed by atoms with Crippen LogP contribution < -0.4 is 21.1 Å². The molecule has 1 aliphatic rings. The number of nitrogens with two attached hydrogens (primary N) is 1. The number of rotatable bonds is 7. The van der Waals surface area contributed by atoms with E-state index in [1.54, 1.807) is 36.1 Å². The molecule has 2 aromatic carbocycles. The fourth-order valence-corrected chi connectivity index (χ4v) is 4.32. The summed E-state index contributed by atoms with van der Waals surface area (Å²) < 4.78 is 5.34. The van der Waals surface area contributed by atoms with E-state index in [9.17, 15) is 14.4 Å². The monoisotopic (exact) mass is 524 g/mol. The summed E-state index contributed by atoms with van der Waals surface area (Å²) in [5.74, 6) is -0.141. The first kappa shape index (κ1) is 28.1. The predicted molar refractivity (Wildman–Crippen MR) is 148 cm³/mol. The highest BCUT2D eigenvalue weighted by Gasteiger charge is 2.42. The molecule has 0 unspecified atom stereocenters. The Morgan fingerprint density at radius 3 is 2.35 bits per heavy atom. The van der Waals surface area contributed by atoms with Crippen molar-refractivity contribution < 1.29 is 19.1 Å². The number of thiol groups is 1. The van der Waals surface area contributed by atoms with Crippen molar-refractivity contribution in [2.75, 3.05) is 6.54 Å². The minimum Gasteiger partial charge on any atom is -0.410 e. The van der Waals surface area contributed by atoms with Gasteiger partial charge in [0.1, 0.15) is 17.8 Å². The van der Waals surface area contributed by atoms with Gasteiger partial charge in [0.05, 0.1) is 0 Å². The van der Waals surface area contributed by atoms with Crippen molar-refractivity contribution in [3.05, 3.63) is 71.4 Å². The maximum atomic E-state index is 13.6. The van der Waals surface area contributed by atoms with Gasteiger partial charge in [0, 0.05) is 23.7 Å². The smallest absolute Gasteiger partial charge is 0.410 e. The SMILES string of the molecule is C/C(N)=C(/S)c1ccc(CNC(=O)[C@@H]2CCCN2C(=O)[C@@H](NC(=O)Oc2ccccc2)C(C)(C)C)cc1. The zero-order valence-corrected chi connectivity index (χ0v) is 22.7. The van der Waals surface area contributed by atoms with E-state index < -0.39 is 23.6 Å². The van der Waals surface area contributed by atoms with Gasteiger partial charge in [-0.25, -0.2) is 4.79 Å². The molecule has 8 nitrogen and oxygen atoms in total. The first-order valence-electron chi connectivity index (χ1n) is 12.3. The molecule has 2 aromatic rings. The Morgan fingerprint density at radius 1 is 1.11 bits per heavy atom. The van der Waals surface area contributed by atoms with E-state index in [0.717, 1.165) is 11.1 Å². The van der Waals surface area contributed by atoms with E-state index in [1.165, 1.54) is 0 Å². The lowest BCUT2D eigenvalue weighted by molar-refractivity contribution is -0.141. The van der Waals surface area contributed by atoms with Crippen molar-refractivity contribution in [2.24, 2.45) is 11.1 Å². The summed E-state index contributed by atoms with van der Waals surface area (Å²) in [5, 5.41) is 5.67. The Bertz CT molecular complexity index is 1140. The van der Waals surface area contributed by atoms with Gasteiger partial charge in [-0.05, 0) is 48.4 Å². The number of hydrogen-bond acceptors (Lipinski definition) is 6. The summed E-state index contributed by atoms with van der Waals surface area (Å²) in [6.45, 7) is 8.16. The van der Waals surface area contributed by atoms with Gasteiger partial charge >= 0.3 is 6.09 Å². The number of amides is 3. The molecule has 0 saturated carbocycles. The third-order valence-electron chi connectivity index (χ3n) is 6.24. The second-order valence-electron chi connectivity index (χ2n) is 10.3. The lowest BCUT2D eigenvalue weighted by Crippen LogP contribution is -2.58. The Labute approximate surface area is 224 Å². The maximum Gasteiger partial charge on any atom is 0.413 e. The molecule has 9 heteroatoms. The average molecular weight is 525 g/mol. The first-order valence-corrected chi connectivity index (χ1v) is 12.8. The molecule has 3 rings (SSSR count). The zero-order chi connectivity index (χ0) is 27.2. The number of nitrogens with zero attached hydrogens (tertiary/aromatic N) is 1. The molecule has 1 heterocycles. The van der Waals surface area contributed by atoms with Crippen molar-refractivity contribution in [1.29, 1.82) is 0 Å². The predicted octanol–water partition coefficient (Wildman–Crippen LogP) is 4.07. The van der Waals surface area contributed by atoms with Crippen LogP contribution in [0.1, 0.15) is 51.7 Å². The summed E-state index contributed by atoms with van der Waals surface area (Å²) in [4.78, 5) is 41.5. The third kappa shape index (κ3) is 7.52. The molecule has 0 spiro atoms. The molecule has 2 atom stereocenters. The van der Waals surface area contributed by atoms with Crippen LogP contribution in [0.3, 0.4) is 0 Å². The molecule has 1 saturated heterocycles. The van der Waals surface area contributed by atoms with Gasteiger partial charge in [-0.15, -0.1) is 12.6 Å².